The Morgan fingerprint density at radius 3 is 2.89 bits per heavy atom. The van der Waals surface area contributed by atoms with Gasteiger partial charge < -0.3 is 9.84 Å². The summed E-state index contributed by atoms with van der Waals surface area (Å²) in [5.41, 5.74) is 0. The quantitative estimate of drug-likeness (QED) is 0.565. The van der Waals surface area contributed by atoms with Crippen molar-refractivity contribution in [2.75, 3.05) is 13.2 Å². The smallest absolute Gasteiger partial charge is 0.105 e. The van der Waals surface area contributed by atoms with Crippen molar-refractivity contribution in [2.45, 2.75) is 25.1 Å². The van der Waals surface area contributed by atoms with Gasteiger partial charge in [0.25, 0.3) is 0 Å². The van der Waals surface area contributed by atoms with Crippen LogP contribution in [0.2, 0.25) is 0 Å². The summed E-state index contributed by atoms with van der Waals surface area (Å²) in [7, 11) is 0. The lowest BCUT2D eigenvalue weighted by molar-refractivity contribution is -0.0441. The van der Waals surface area contributed by atoms with Gasteiger partial charge in [0.15, 0.2) is 0 Å². The Morgan fingerprint density at radius 2 is 2.44 bits per heavy atom. The predicted molar refractivity (Wildman–Crippen MR) is 31.0 cm³/mol. The van der Waals surface area contributed by atoms with Crippen molar-refractivity contribution in [2.24, 2.45) is 0 Å². The molecule has 0 aromatic heterocycles. The minimum Gasteiger partial charge on any atom is -0.394 e. The van der Waals surface area contributed by atoms with Gasteiger partial charge in [0.2, 0.25) is 0 Å². The molecule has 0 saturated carbocycles. The second kappa shape index (κ2) is 3.13. The molecule has 54 valence electrons. The molecule has 0 radical (unpaired) electrons. The van der Waals surface area contributed by atoms with E-state index in [2.05, 4.69) is 0 Å². The van der Waals surface area contributed by atoms with Crippen LogP contribution in [0.25, 0.3) is 0 Å². The van der Waals surface area contributed by atoms with Gasteiger partial charge in [-0.2, -0.15) is 0 Å². The van der Waals surface area contributed by atoms with E-state index in [9.17, 15) is 4.39 Å². The highest BCUT2D eigenvalue weighted by atomic mass is 19.1. The van der Waals surface area contributed by atoms with E-state index in [0.29, 0.717) is 19.4 Å². The summed E-state index contributed by atoms with van der Waals surface area (Å²) in [6.45, 7) is 0.396. The highest BCUT2D eigenvalue weighted by Gasteiger charge is 2.20. The van der Waals surface area contributed by atoms with Crippen LogP contribution in [-0.4, -0.2) is 30.6 Å². The van der Waals surface area contributed by atoms with Crippen LogP contribution in [0.15, 0.2) is 0 Å². The average molecular weight is 134 g/mol. The fourth-order valence-electron chi connectivity index (χ4n) is 0.961. The zero-order chi connectivity index (χ0) is 6.69. The van der Waals surface area contributed by atoms with E-state index in [1.165, 1.54) is 0 Å². The van der Waals surface area contributed by atoms with Crippen LogP contribution < -0.4 is 0 Å². The van der Waals surface area contributed by atoms with Gasteiger partial charge >= 0.3 is 0 Å². The molecule has 1 fully saturated rings. The first-order valence-corrected chi connectivity index (χ1v) is 3.19. The third-order valence-electron chi connectivity index (χ3n) is 1.51. The Morgan fingerprint density at radius 1 is 1.67 bits per heavy atom. The van der Waals surface area contributed by atoms with E-state index in [0.717, 1.165) is 0 Å². The van der Waals surface area contributed by atoms with Crippen molar-refractivity contribution < 1.29 is 14.2 Å². The molecule has 1 N–H and O–H groups in total. The van der Waals surface area contributed by atoms with Crippen molar-refractivity contribution in [3.63, 3.8) is 0 Å². The number of rotatable bonds is 1. The summed E-state index contributed by atoms with van der Waals surface area (Å²) in [6, 6.07) is 0. The molecule has 1 rings (SSSR count). The molecule has 1 saturated heterocycles. The van der Waals surface area contributed by atoms with E-state index < -0.39 is 6.17 Å². The Hall–Kier alpha value is -0.150. The summed E-state index contributed by atoms with van der Waals surface area (Å²) in [6.07, 6.45) is -0.183. The van der Waals surface area contributed by atoms with Crippen LogP contribution in [0.5, 0.6) is 0 Å². The molecular weight excluding hydrogens is 123 g/mol. The highest BCUT2D eigenvalue weighted by Crippen LogP contribution is 2.15. The van der Waals surface area contributed by atoms with E-state index >= 15 is 0 Å². The molecule has 2 atom stereocenters. The maximum Gasteiger partial charge on any atom is 0.105 e. The first-order valence-electron chi connectivity index (χ1n) is 3.19. The van der Waals surface area contributed by atoms with Gasteiger partial charge in [-0.25, -0.2) is 4.39 Å². The normalized spacial score (nSPS) is 36.7. The molecule has 1 aliphatic heterocycles. The number of alkyl halides is 1. The first kappa shape index (κ1) is 6.96. The van der Waals surface area contributed by atoms with E-state index in [1.54, 1.807) is 0 Å². The number of aliphatic hydroxyl groups excluding tert-OH is 1. The van der Waals surface area contributed by atoms with Crippen LogP contribution in [0.1, 0.15) is 12.8 Å². The standard InChI is InChI=1S/C6H11FO2/c7-5-1-2-9-6(3-5)4-8/h5-6,8H,1-4H2/t5-,6+/m1/s1. The molecule has 0 amide bonds. The van der Waals surface area contributed by atoms with Crippen molar-refractivity contribution in [3.05, 3.63) is 0 Å². The fourth-order valence-corrected chi connectivity index (χ4v) is 0.961. The van der Waals surface area contributed by atoms with E-state index in [1.807, 2.05) is 0 Å². The largest absolute Gasteiger partial charge is 0.394 e. The molecule has 1 heterocycles. The summed E-state index contributed by atoms with van der Waals surface area (Å²) in [4.78, 5) is 0. The monoisotopic (exact) mass is 134 g/mol. The summed E-state index contributed by atoms with van der Waals surface area (Å²) >= 11 is 0. The zero-order valence-corrected chi connectivity index (χ0v) is 5.22. The van der Waals surface area contributed by atoms with Crippen LogP contribution in [0.4, 0.5) is 4.39 Å². The lowest BCUT2D eigenvalue weighted by Gasteiger charge is -2.23. The van der Waals surface area contributed by atoms with Crippen molar-refractivity contribution >= 4 is 0 Å². The Balaban J connectivity index is 2.23. The first-order chi connectivity index (χ1) is 4.33. The van der Waals surface area contributed by atoms with Gasteiger partial charge in [-0.1, -0.05) is 0 Å². The lowest BCUT2D eigenvalue weighted by atomic mass is 10.1. The number of hydrogen-bond donors (Lipinski definition) is 1. The van der Waals surface area contributed by atoms with Crippen molar-refractivity contribution in [3.8, 4) is 0 Å². The van der Waals surface area contributed by atoms with Gasteiger partial charge in [0, 0.05) is 19.4 Å². The predicted octanol–water partition coefficient (Wildman–Crippen LogP) is 0.496. The fraction of sp³-hybridized carbons (Fsp3) is 1.00. The second-order valence-electron chi connectivity index (χ2n) is 2.30. The van der Waals surface area contributed by atoms with E-state index in [4.69, 9.17) is 9.84 Å². The molecule has 0 aliphatic carbocycles. The molecule has 3 heteroatoms. The minimum atomic E-state index is -0.768. The van der Waals surface area contributed by atoms with Crippen LogP contribution in [-0.2, 0) is 4.74 Å². The Bertz CT molecular complexity index is 87.1. The molecule has 9 heavy (non-hydrogen) atoms. The molecule has 0 bridgehead atoms. The number of hydrogen-bond acceptors (Lipinski definition) is 2. The molecule has 0 spiro atoms. The summed E-state index contributed by atoms with van der Waals surface area (Å²) in [5.74, 6) is 0. The molecule has 1 aliphatic rings. The van der Waals surface area contributed by atoms with Gasteiger partial charge in [-0.3, -0.25) is 0 Å². The minimum absolute atomic E-state index is 0.0551. The Kier molecular flexibility index (Phi) is 2.42. The number of aliphatic hydroxyl groups is 1. The van der Waals surface area contributed by atoms with E-state index in [-0.39, 0.29) is 12.7 Å². The van der Waals surface area contributed by atoms with Crippen molar-refractivity contribution in [1.82, 2.24) is 0 Å². The summed E-state index contributed by atoms with van der Waals surface area (Å²) < 4.78 is 17.4. The maximum atomic E-state index is 12.4. The maximum absolute atomic E-state index is 12.4. The Labute approximate surface area is 53.6 Å². The van der Waals surface area contributed by atoms with Crippen LogP contribution in [0, 0.1) is 0 Å². The lowest BCUT2D eigenvalue weighted by Crippen LogP contribution is -2.29. The molecular formula is C6H11FO2. The second-order valence-corrected chi connectivity index (χ2v) is 2.30. The third kappa shape index (κ3) is 1.91. The molecule has 2 nitrogen and oxygen atoms in total. The number of ether oxygens (including phenoxy) is 1. The van der Waals surface area contributed by atoms with Gasteiger partial charge in [-0.05, 0) is 0 Å². The highest BCUT2D eigenvalue weighted by molar-refractivity contribution is 4.69. The van der Waals surface area contributed by atoms with Gasteiger partial charge in [0.05, 0.1) is 12.7 Å². The van der Waals surface area contributed by atoms with Crippen LogP contribution in [0.3, 0.4) is 0 Å². The third-order valence-corrected chi connectivity index (χ3v) is 1.51. The zero-order valence-electron chi connectivity index (χ0n) is 5.22. The van der Waals surface area contributed by atoms with Crippen LogP contribution >= 0.6 is 0 Å². The number of halogens is 1. The average Bonchev–Trinajstić information content (AvgIpc) is 1.88. The molecule has 0 aromatic rings. The summed E-state index contributed by atoms with van der Waals surface area (Å²) in [5, 5.41) is 8.52. The van der Waals surface area contributed by atoms with Gasteiger partial charge in [0.1, 0.15) is 6.17 Å². The molecule has 0 aromatic carbocycles. The molecule has 0 unspecified atom stereocenters. The SMILES string of the molecule is OC[C@@H]1C[C@H](F)CCO1. The van der Waals surface area contributed by atoms with Gasteiger partial charge in [-0.15, -0.1) is 0 Å². The van der Waals surface area contributed by atoms with Crippen molar-refractivity contribution in [1.29, 1.82) is 0 Å². The topological polar surface area (TPSA) is 29.5 Å².